The highest BCUT2D eigenvalue weighted by molar-refractivity contribution is 5.78. The first-order chi connectivity index (χ1) is 6.63. The number of amides is 1. The fourth-order valence-electron chi connectivity index (χ4n) is 1.01. The maximum absolute atomic E-state index is 11.5. The lowest BCUT2D eigenvalue weighted by atomic mass is 10.2. The average Bonchev–Trinajstić information content (AvgIpc) is 2.21. The molecule has 0 bridgehead atoms. The third kappa shape index (κ3) is 5.19. The lowest BCUT2D eigenvalue weighted by molar-refractivity contribution is -0.130. The molecule has 1 unspecified atom stereocenters. The van der Waals surface area contributed by atoms with E-state index in [4.69, 9.17) is 4.74 Å². The van der Waals surface area contributed by atoms with Gasteiger partial charge in [0.1, 0.15) is 0 Å². The summed E-state index contributed by atoms with van der Waals surface area (Å²) in [6, 6.07) is 0.312. The summed E-state index contributed by atoms with van der Waals surface area (Å²) in [5, 5.41) is 3.03. The Labute approximate surface area is 86.6 Å². The molecular formula is C10H22N2O2. The Kier molecular flexibility index (Phi) is 7.42. The van der Waals surface area contributed by atoms with E-state index in [2.05, 4.69) is 12.2 Å². The first kappa shape index (κ1) is 13.4. The van der Waals surface area contributed by atoms with Gasteiger partial charge in [-0.1, -0.05) is 6.92 Å². The Hall–Kier alpha value is -0.610. The average molecular weight is 202 g/mol. The van der Waals surface area contributed by atoms with E-state index in [9.17, 15) is 4.79 Å². The van der Waals surface area contributed by atoms with Crippen LogP contribution in [0.4, 0.5) is 0 Å². The molecule has 0 aliphatic carbocycles. The molecule has 1 atom stereocenters. The molecule has 0 saturated heterocycles. The summed E-state index contributed by atoms with van der Waals surface area (Å²) in [6.45, 7) is 5.88. The minimum atomic E-state index is 0.135. The Balaban J connectivity index is 3.62. The molecule has 0 aromatic carbocycles. The minimum absolute atomic E-state index is 0.135. The van der Waals surface area contributed by atoms with Gasteiger partial charge < -0.3 is 15.0 Å². The van der Waals surface area contributed by atoms with Crippen molar-refractivity contribution in [2.75, 3.05) is 33.9 Å². The van der Waals surface area contributed by atoms with Crippen LogP contribution in [0, 0.1) is 0 Å². The standard InChI is InChI=1S/C10H22N2O2/c1-5-9(2)12(3)10(13)8-11-6-7-14-4/h9,11H,5-8H2,1-4H3. The monoisotopic (exact) mass is 202 g/mol. The zero-order valence-electron chi connectivity index (χ0n) is 9.67. The van der Waals surface area contributed by atoms with Crippen LogP contribution in [0.1, 0.15) is 20.3 Å². The van der Waals surface area contributed by atoms with Gasteiger partial charge in [0.05, 0.1) is 13.2 Å². The minimum Gasteiger partial charge on any atom is -0.383 e. The van der Waals surface area contributed by atoms with Crippen molar-refractivity contribution in [2.45, 2.75) is 26.3 Å². The highest BCUT2D eigenvalue weighted by Gasteiger charge is 2.12. The number of nitrogens with zero attached hydrogens (tertiary/aromatic N) is 1. The second-order valence-electron chi connectivity index (χ2n) is 3.43. The molecule has 0 rings (SSSR count). The van der Waals surface area contributed by atoms with E-state index >= 15 is 0 Å². The first-order valence-electron chi connectivity index (χ1n) is 5.08. The molecule has 84 valence electrons. The van der Waals surface area contributed by atoms with Gasteiger partial charge in [-0.25, -0.2) is 0 Å². The van der Waals surface area contributed by atoms with Crippen LogP contribution < -0.4 is 5.32 Å². The van der Waals surface area contributed by atoms with Crippen molar-refractivity contribution in [3.63, 3.8) is 0 Å². The SMILES string of the molecule is CCC(C)N(C)C(=O)CNCCOC. The van der Waals surface area contributed by atoms with Crippen molar-refractivity contribution < 1.29 is 9.53 Å². The molecule has 0 aliphatic heterocycles. The van der Waals surface area contributed by atoms with Gasteiger partial charge in [0.25, 0.3) is 0 Å². The summed E-state index contributed by atoms with van der Waals surface area (Å²) in [4.78, 5) is 13.3. The van der Waals surface area contributed by atoms with E-state index < -0.39 is 0 Å². The fourth-order valence-corrected chi connectivity index (χ4v) is 1.01. The molecule has 1 N–H and O–H groups in total. The maximum atomic E-state index is 11.5. The summed E-state index contributed by atoms with van der Waals surface area (Å²) in [5.41, 5.74) is 0. The summed E-state index contributed by atoms with van der Waals surface area (Å²) in [6.07, 6.45) is 0.986. The quantitative estimate of drug-likeness (QED) is 0.611. The van der Waals surface area contributed by atoms with E-state index in [0.29, 0.717) is 19.2 Å². The van der Waals surface area contributed by atoms with Crippen LogP contribution in [-0.4, -0.2) is 50.7 Å². The lowest BCUT2D eigenvalue weighted by Crippen LogP contribution is -2.41. The van der Waals surface area contributed by atoms with Gasteiger partial charge in [0.2, 0.25) is 5.91 Å². The summed E-state index contributed by atoms with van der Waals surface area (Å²) in [7, 11) is 3.49. The van der Waals surface area contributed by atoms with E-state index in [-0.39, 0.29) is 5.91 Å². The van der Waals surface area contributed by atoms with Crippen LogP contribution in [0.5, 0.6) is 0 Å². The number of nitrogens with one attached hydrogen (secondary N) is 1. The summed E-state index contributed by atoms with van der Waals surface area (Å²) < 4.78 is 4.87. The van der Waals surface area contributed by atoms with Gasteiger partial charge in [0, 0.05) is 26.7 Å². The maximum Gasteiger partial charge on any atom is 0.236 e. The highest BCUT2D eigenvalue weighted by atomic mass is 16.5. The van der Waals surface area contributed by atoms with Gasteiger partial charge in [-0.05, 0) is 13.3 Å². The van der Waals surface area contributed by atoms with Gasteiger partial charge >= 0.3 is 0 Å². The second-order valence-corrected chi connectivity index (χ2v) is 3.43. The second kappa shape index (κ2) is 7.76. The molecular weight excluding hydrogens is 180 g/mol. The lowest BCUT2D eigenvalue weighted by Gasteiger charge is -2.23. The predicted octanol–water partition coefficient (Wildman–Crippen LogP) is 0.479. The Morgan fingerprint density at radius 3 is 2.71 bits per heavy atom. The molecule has 0 radical (unpaired) electrons. The number of likely N-dealkylation sites (N-methyl/N-ethyl adjacent to an activating group) is 1. The molecule has 0 fully saturated rings. The van der Waals surface area contributed by atoms with Crippen molar-refractivity contribution in [3.05, 3.63) is 0 Å². The van der Waals surface area contributed by atoms with Crippen LogP contribution in [-0.2, 0) is 9.53 Å². The Bertz CT molecular complexity index is 162. The number of hydrogen-bond acceptors (Lipinski definition) is 3. The smallest absolute Gasteiger partial charge is 0.236 e. The van der Waals surface area contributed by atoms with Crippen molar-refractivity contribution >= 4 is 5.91 Å². The largest absolute Gasteiger partial charge is 0.383 e. The number of methoxy groups -OCH3 is 1. The van der Waals surface area contributed by atoms with Crippen LogP contribution >= 0.6 is 0 Å². The number of ether oxygens (including phenoxy) is 1. The van der Waals surface area contributed by atoms with E-state index in [1.54, 1.807) is 12.0 Å². The zero-order valence-corrected chi connectivity index (χ0v) is 9.67. The topological polar surface area (TPSA) is 41.6 Å². The van der Waals surface area contributed by atoms with E-state index in [1.165, 1.54) is 0 Å². The van der Waals surface area contributed by atoms with Crippen LogP contribution in [0.3, 0.4) is 0 Å². The van der Waals surface area contributed by atoms with Crippen LogP contribution in [0.25, 0.3) is 0 Å². The summed E-state index contributed by atoms with van der Waals surface area (Å²) in [5.74, 6) is 0.135. The molecule has 1 amide bonds. The molecule has 0 aromatic rings. The van der Waals surface area contributed by atoms with E-state index in [1.807, 2.05) is 14.0 Å². The normalized spacial score (nSPS) is 12.6. The van der Waals surface area contributed by atoms with Crippen LogP contribution in [0.15, 0.2) is 0 Å². The van der Waals surface area contributed by atoms with E-state index in [0.717, 1.165) is 13.0 Å². The number of carbonyl (C=O) groups is 1. The fraction of sp³-hybridized carbons (Fsp3) is 0.900. The number of carbonyl (C=O) groups excluding carboxylic acids is 1. The molecule has 0 spiro atoms. The third-order valence-corrected chi connectivity index (χ3v) is 2.40. The first-order valence-corrected chi connectivity index (χ1v) is 5.08. The van der Waals surface area contributed by atoms with Crippen molar-refractivity contribution in [2.24, 2.45) is 0 Å². The number of hydrogen-bond donors (Lipinski definition) is 1. The number of rotatable bonds is 7. The van der Waals surface area contributed by atoms with Crippen molar-refractivity contribution in [1.82, 2.24) is 10.2 Å². The molecule has 0 aromatic heterocycles. The van der Waals surface area contributed by atoms with Gasteiger partial charge in [-0.15, -0.1) is 0 Å². The van der Waals surface area contributed by atoms with Gasteiger partial charge in [-0.3, -0.25) is 4.79 Å². The predicted molar refractivity (Wildman–Crippen MR) is 57.3 cm³/mol. The molecule has 0 aliphatic rings. The van der Waals surface area contributed by atoms with Crippen LogP contribution in [0.2, 0.25) is 0 Å². The van der Waals surface area contributed by atoms with Gasteiger partial charge in [-0.2, -0.15) is 0 Å². The van der Waals surface area contributed by atoms with Crippen molar-refractivity contribution in [3.8, 4) is 0 Å². The van der Waals surface area contributed by atoms with Crippen molar-refractivity contribution in [1.29, 1.82) is 0 Å². The Morgan fingerprint density at radius 2 is 2.21 bits per heavy atom. The highest BCUT2D eigenvalue weighted by Crippen LogP contribution is 1.99. The van der Waals surface area contributed by atoms with Gasteiger partial charge in [0.15, 0.2) is 0 Å². The Morgan fingerprint density at radius 1 is 1.57 bits per heavy atom. The molecule has 4 heteroatoms. The molecule has 0 saturated carbocycles. The molecule has 4 nitrogen and oxygen atoms in total. The summed E-state index contributed by atoms with van der Waals surface area (Å²) >= 11 is 0. The molecule has 14 heavy (non-hydrogen) atoms. The molecule has 0 heterocycles. The zero-order chi connectivity index (χ0) is 11.0. The third-order valence-electron chi connectivity index (χ3n) is 2.40.